The number of aromatic nitrogens is 1. The summed E-state index contributed by atoms with van der Waals surface area (Å²) in [6.07, 6.45) is 1.56. The van der Waals surface area contributed by atoms with E-state index in [0.29, 0.717) is 16.5 Å². The Morgan fingerprint density at radius 3 is 2.42 bits per heavy atom. The number of benzene rings is 2. The summed E-state index contributed by atoms with van der Waals surface area (Å²) in [6.45, 7) is 2.19. The number of amides is 1. The number of para-hydroxylation sites is 1. The first kappa shape index (κ1) is 21.2. The van der Waals surface area contributed by atoms with Gasteiger partial charge in [-0.2, -0.15) is 0 Å². The van der Waals surface area contributed by atoms with E-state index >= 15 is 0 Å². The van der Waals surface area contributed by atoms with Crippen LogP contribution in [0.4, 0.5) is 5.13 Å². The minimum atomic E-state index is -3.57. The van der Waals surface area contributed by atoms with Gasteiger partial charge in [0.15, 0.2) is 5.13 Å². The van der Waals surface area contributed by atoms with Crippen molar-refractivity contribution < 1.29 is 17.6 Å². The lowest BCUT2D eigenvalue weighted by Gasteiger charge is -2.19. The number of aryl methyl sites for hydroxylation is 1. The molecule has 31 heavy (non-hydrogen) atoms. The van der Waals surface area contributed by atoms with Gasteiger partial charge in [-0.1, -0.05) is 23.5 Å². The van der Waals surface area contributed by atoms with E-state index < -0.39 is 10.0 Å². The molecule has 0 fully saturated rings. The first-order valence-corrected chi connectivity index (χ1v) is 11.8. The zero-order chi connectivity index (χ0) is 22.2. The van der Waals surface area contributed by atoms with Gasteiger partial charge in [0, 0.05) is 19.7 Å². The molecule has 0 saturated carbocycles. The van der Waals surface area contributed by atoms with Crippen molar-refractivity contribution in [1.29, 1.82) is 0 Å². The highest BCUT2D eigenvalue weighted by Gasteiger charge is 2.24. The maximum Gasteiger partial charge on any atom is 0.260 e. The molecule has 0 atom stereocenters. The Morgan fingerprint density at radius 1 is 1.06 bits per heavy atom. The van der Waals surface area contributed by atoms with Crippen LogP contribution in [0.15, 0.2) is 70.2 Å². The van der Waals surface area contributed by atoms with Crippen LogP contribution in [0.25, 0.3) is 10.2 Å². The van der Waals surface area contributed by atoms with E-state index in [-0.39, 0.29) is 17.3 Å². The monoisotopic (exact) mass is 455 g/mol. The smallest absolute Gasteiger partial charge is 0.260 e. The molecule has 2 heterocycles. The molecule has 1 amide bonds. The van der Waals surface area contributed by atoms with E-state index in [2.05, 4.69) is 0 Å². The van der Waals surface area contributed by atoms with Crippen LogP contribution in [0.5, 0.6) is 0 Å². The number of nitrogens with zero attached hydrogens (tertiary/aromatic N) is 3. The third kappa shape index (κ3) is 4.12. The summed E-state index contributed by atoms with van der Waals surface area (Å²) < 4.78 is 32.2. The topological polar surface area (TPSA) is 83.7 Å². The third-order valence-corrected chi connectivity index (χ3v) is 7.73. The fourth-order valence-electron chi connectivity index (χ4n) is 3.11. The molecule has 9 heteroatoms. The van der Waals surface area contributed by atoms with Crippen molar-refractivity contribution in [3.63, 3.8) is 0 Å². The summed E-state index contributed by atoms with van der Waals surface area (Å²) in [5.41, 5.74) is 2.25. The number of anilines is 1. The zero-order valence-corrected chi connectivity index (χ0v) is 18.9. The number of furan rings is 1. The summed E-state index contributed by atoms with van der Waals surface area (Å²) >= 11 is 1.43. The standard InChI is InChI=1S/C22H21N3O4S2/c1-15-6-4-8-19-20(15)23-22(30-19)25(14-17-7-5-13-29-17)21(26)16-9-11-18(12-10-16)31(27,28)24(2)3/h4-13H,14H2,1-3H3. The van der Waals surface area contributed by atoms with Crippen LogP contribution in [-0.2, 0) is 16.6 Å². The van der Waals surface area contributed by atoms with Gasteiger partial charge in [0.25, 0.3) is 5.91 Å². The number of carbonyl (C=O) groups excluding carboxylic acids is 1. The molecule has 7 nitrogen and oxygen atoms in total. The summed E-state index contributed by atoms with van der Waals surface area (Å²) in [4.78, 5) is 19.8. The lowest BCUT2D eigenvalue weighted by atomic mass is 10.2. The molecule has 0 spiro atoms. The summed E-state index contributed by atoms with van der Waals surface area (Å²) in [7, 11) is -0.638. The van der Waals surface area contributed by atoms with Gasteiger partial charge in [0.05, 0.1) is 27.9 Å². The second-order valence-electron chi connectivity index (χ2n) is 7.20. The number of carbonyl (C=O) groups is 1. The first-order chi connectivity index (χ1) is 14.8. The maximum atomic E-state index is 13.4. The Morgan fingerprint density at radius 2 is 1.81 bits per heavy atom. The Labute approximate surface area is 184 Å². The number of hydrogen-bond acceptors (Lipinski definition) is 6. The summed E-state index contributed by atoms with van der Waals surface area (Å²) in [5.74, 6) is 0.332. The number of fused-ring (bicyclic) bond motifs is 1. The molecule has 160 valence electrons. The van der Waals surface area contributed by atoms with E-state index in [1.54, 1.807) is 23.3 Å². The molecular formula is C22H21N3O4S2. The number of hydrogen-bond donors (Lipinski definition) is 0. The average Bonchev–Trinajstić information content (AvgIpc) is 3.42. The summed E-state index contributed by atoms with van der Waals surface area (Å²) in [6, 6.07) is 15.4. The molecule has 2 aromatic carbocycles. The highest BCUT2D eigenvalue weighted by molar-refractivity contribution is 7.89. The minimum Gasteiger partial charge on any atom is -0.467 e. The predicted molar refractivity (Wildman–Crippen MR) is 121 cm³/mol. The molecule has 0 bridgehead atoms. The van der Waals surface area contributed by atoms with Crippen molar-refractivity contribution in [2.75, 3.05) is 19.0 Å². The van der Waals surface area contributed by atoms with Crippen molar-refractivity contribution >= 4 is 42.6 Å². The molecule has 4 aromatic rings. The lowest BCUT2D eigenvalue weighted by Crippen LogP contribution is -2.30. The summed E-state index contributed by atoms with van der Waals surface area (Å²) in [5, 5.41) is 0.552. The fourth-order valence-corrected chi connectivity index (χ4v) is 5.05. The minimum absolute atomic E-state index is 0.127. The van der Waals surface area contributed by atoms with Crippen LogP contribution < -0.4 is 4.90 Å². The van der Waals surface area contributed by atoms with Gasteiger partial charge >= 0.3 is 0 Å². The van der Waals surface area contributed by atoms with Gasteiger partial charge in [-0.25, -0.2) is 17.7 Å². The second-order valence-corrected chi connectivity index (χ2v) is 10.4. The van der Waals surface area contributed by atoms with Crippen molar-refractivity contribution in [3.8, 4) is 0 Å². The normalized spacial score (nSPS) is 11.9. The molecule has 0 aliphatic heterocycles. The van der Waals surface area contributed by atoms with Crippen LogP contribution in [0, 0.1) is 6.92 Å². The Balaban J connectivity index is 1.73. The van der Waals surface area contributed by atoms with Crippen LogP contribution in [0.1, 0.15) is 21.7 Å². The van der Waals surface area contributed by atoms with E-state index in [4.69, 9.17) is 9.40 Å². The van der Waals surface area contributed by atoms with Gasteiger partial charge < -0.3 is 4.42 Å². The van der Waals surface area contributed by atoms with E-state index in [0.717, 1.165) is 20.1 Å². The molecule has 0 aliphatic carbocycles. The molecular weight excluding hydrogens is 434 g/mol. The average molecular weight is 456 g/mol. The molecule has 0 N–H and O–H groups in total. The van der Waals surface area contributed by atoms with Gasteiger partial charge in [-0.3, -0.25) is 9.69 Å². The highest BCUT2D eigenvalue weighted by atomic mass is 32.2. The highest BCUT2D eigenvalue weighted by Crippen LogP contribution is 2.32. The van der Waals surface area contributed by atoms with Crippen LogP contribution in [0.3, 0.4) is 0 Å². The number of rotatable bonds is 6. The van der Waals surface area contributed by atoms with Gasteiger partial charge in [-0.15, -0.1) is 0 Å². The van der Waals surface area contributed by atoms with Gasteiger partial charge in [0.2, 0.25) is 10.0 Å². The molecule has 0 unspecified atom stereocenters. The van der Waals surface area contributed by atoms with Gasteiger partial charge in [-0.05, 0) is 55.0 Å². The van der Waals surface area contributed by atoms with Crippen LogP contribution in [0.2, 0.25) is 0 Å². The fraction of sp³-hybridized carbons (Fsp3) is 0.182. The molecule has 4 rings (SSSR count). The van der Waals surface area contributed by atoms with E-state index in [1.807, 2.05) is 25.1 Å². The number of thiazole rings is 1. The van der Waals surface area contributed by atoms with Crippen LogP contribution in [-0.4, -0.2) is 37.7 Å². The molecule has 0 saturated heterocycles. The maximum absolute atomic E-state index is 13.4. The predicted octanol–water partition coefficient (Wildman–Crippen LogP) is 4.30. The Hall–Kier alpha value is -3.01. The lowest BCUT2D eigenvalue weighted by molar-refractivity contribution is 0.0983. The number of sulfonamides is 1. The Bertz CT molecular complexity index is 1330. The largest absolute Gasteiger partial charge is 0.467 e. The SMILES string of the molecule is Cc1cccc2sc(N(Cc3ccco3)C(=O)c3ccc(S(=O)(=O)N(C)C)cc3)nc12. The van der Waals surface area contributed by atoms with E-state index in [1.165, 1.54) is 49.7 Å². The van der Waals surface area contributed by atoms with E-state index in [9.17, 15) is 13.2 Å². The van der Waals surface area contributed by atoms with Crippen LogP contribution >= 0.6 is 11.3 Å². The molecule has 2 aromatic heterocycles. The van der Waals surface area contributed by atoms with Crippen molar-refractivity contribution in [3.05, 3.63) is 77.7 Å². The molecule has 0 radical (unpaired) electrons. The quantitative estimate of drug-likeness (QED) is 0.433. The van der Waals surface area contributed by atoms with Crippen molar-refractivity contribution in [1.82, 2.24) is 9.29 Å². The third-order valence-electron chi connectivity index (χ3n) is 4.86. The van der Waals surface area contributed by atoms with Crippen molar-refractivity contribution in [2.24, 2.45) is 0 Å². The first-order valence-electron chi connectivity index (χ1n) is 9.50. The second kappa shape index (κ2) is 8.26. The zero-order valence-electron chi connectivity index (χ0n) is 17.3. The van der Waals surface area contributed by atoms with Gasteiger partial charge in [0.1, 0.15) is 5.76 Å². The molecule has 0 aliphatic rings. The Kier molecular flexibility index (Phi) is 5.65. The van der Waals surface area contributed by atoms with Crippen molar-refractivity contribution in [2.45, 2.75) is 18.4 Å².